The van der Waals surface area contributed by atoms with Gasteiger partial charge in [-0.15, -0.1) is 11.6 Å². The average Bonchev–Trinajstić information content (AvgIpc) is 2.20. The smallest absolute Gasteiger partial charge is 0.312 e. The fraction of sp³-hybridized carbons (Fsp3) is 0.750. The summed E-state index contributed by atoms with van der Waals surface area (Å²) in [6.45, 7) is 7.21. The van der Waals surface area contributed by atoms with Crippen LogP contribution in [0.4, 0.5) is 0 Å². The first-order valence-electron chi connectivity index (χ1n) is 6.01. The Morgan fingerprint density at radius 2 is 2.18 bits per heavy atom. The molecule has 0 amide bonds. The van der Waals surface area contributed by atoms with Gasteiger partial charge in [0.05, 0.1) is 17.9 Å². The minimum Gasteiger partial charge on any atom is -0.511 e. The Morgan fingerprint density at radius 1 is 1.53 bits per heavy atom. The summed E-state index contributed by atoms with van der Waals surface area (Å²) in [6, 6.07) is 0.972. The Labute approximate surface area is 109 Å². The molecule has 2 unspecified atom stereocenters. The lowest BCUT2D eigenvalue weighted by Gasteiger charge is -2.21. The third-order valence-corrected chi connectivity index (χ3v) is 4.97. The van der Waals surface area contributed by atoms with Crippen LogP contribution in [0.3, 0.4) is 0 Å². The van der Waals surface area contributed by atoms with Crippen LogP contribution in [0.2, 0.25) is 25.7 Å². The van der Waals surface area contributed by atoms with Crippen LogP contribution in [0.5, 0.6) is 0 Å². The summed E-state index contributed by atoms with van der Waals surface area (Å²) in [7, 11) is -1.16. The fourth-order valence-electron chi connectivity index (χ4n) is 1.62. The predicted molar refractivity (Wildman–Crippen MR) is 72.2 cm³/mol. The van der Waals surface area contributed by atoms with Crippen LogP contribution >= 0.6 is 11.6 Å². The molecule has 0 heterocycles. The van der Waals surface area contributed by atoms with E-state index in [0.29, 0.717) is 19.4 Å². The normalized spacial score (nSPS) is 25.3. The van der Waals surface area contributed by atoms with E-state index in [1.165, 1.54) is 6.08 Å². The number of alkyl halides is 1. The predicted octanol–water partition coefficient (Wildman–Crippen LogP) is 3.33. The molecule has 0 aromatic carbocycles. The third kappa shape index (κ3) is 5.13. The maximum Gasteiger partial charge on any atom is 0.312 e. The number of allylic oxidation sites excluding steroid dienone is 1. The Kier molecular flexibility index (Phi) is 5.07. The number of ether oxygens (including phenoxy) is 1. The topological polar surface area (TPSA) is 46.5 Å². The van der Waals surface area contributed by atoms with Gasteiger partial charge in [0.25, 0.3) is 0 Å². The molecule has 2 atom stereocenters. The van der Waals surface area contributed by atoms with Gasteiger partial charge in [-0.1, -0.05) is 19.6 Å². The zero-order valence-electron chi connectivity index (χ0n) is 10.7. The number of aliphatic hydroxyl groups excluding tert-OH is 1. The molecule has 0 aromatic heterocycles. The van der Waals surface area contributed by atoms with Crippen LogP contribution < -0.4 is 0 Å². The molecule has 0 radical (unpaired) electrons. The first-order valence-corrected chi connectivity index (χ1v) is 10.2. The molecule has 3 nitrogen and oxygen atoms in total. The number of halogens is 1. The summed E-state index contributed by atoms with van der Waals surface area (Å²) in [6.07, 6.45) is 2.81. The van der Waals surface area contributed by atoms with Crippen LogP contribution in [0.15, 0.2) is 11.8 Å². The zero-order valence-corrected chi connectivity index (χ0v) is 12.5. The largest absolute Gasteiger partial charge is 0.511 e. The standard InChI is InChI=1S/C12H21ClO3Si/c1-17(2,3)7-6-16-12(15)9-4-5-10(13)11(14)8-9/h8-10,14H,4-7H2,1-3H3. The molecule has 0 aromatic rings. The van der Waals surface area contributed by atoms with E-state index < -0.39 is 8.07 Å². The van der Waals surface area contributed by atoms with Crippen molar-refractivity contribution in [1.82, 2.24) is 0 Å². The highest BCUT2D eigenvalue weighted by molar-refractivity contribution is 6.76. The maximum absolute atomic E-state index is 11.7. The van der Waals surface area contributed by atoms with Crippen LogP contribution in [-0.4, -0.2) is 31.1 Å². The van der Waals surface area contributed by atoms with Crippen LogP contribution in [-0.2, 0) is 9.53 Å². The third-order valence-electron chi connectivity index (χ3n) is 2.82. The highest BCUT2D eigenvalue weighted by Crippen LogP contribution is 2.26. The van der Waals surface area contributed by atoms with Gasteiger partial charge in [-0.3, -0.25) is 4.79 Å². The van der Waals surface area contributed by atoms with Crippen molar-refractivity contribution < 1.29 is 14.6 Å². The number of aliphatic hydroxyl groups is 1. The van der Waals surface area contributed by atoms with Crippen molar-refractivity contribution >= 4 is 25.6 Å². The van der Waals surface area contributed by atoms with E-state index in [1.807, 2.05) is 0 Å². The second-order valence-corrected chi connectivity index (χ2v) is 11.9. The van der Waals surface area contributed by atoms with Gasteiger partial charge in [0.1, 0.15) is 5.76 Å². The minimum absolute atomic E-state index is 0.102. The Morgan fingerprint density at radius 3 is 2.71 bits per heavy atom. The van der Waals surface area contributed by atoms with Crippen molar-refractivity contribution in [1.29, 1.82) is 0 Å². The molecule has 1 N–H and O–H groups in total. The van der Waals surface area contributed by atoms with Crippen molar-refractivity contribution in [3.63, 3.8) is 0 Å². The highest BCUT2D eigenvalue weighted by atomic mass is 35.5. The molecule has 0 saturated heterocycles. The molecular formula is C12H21ClO3Si. The van der Waals surface area contributed by atoms with Gasteiger partial charge < -0.3 is 9.84 Å². The molecule has 5 heteroatoms. The molecule has 98 valence electrons. The quantitative estimate of drug-likeness (QED) is 0.487. The monoisotopic (exact) mass is 276 g/mol. The second-order valence-electron chi connectivity index (χ2n) is 5.72. The fourth-order valence-corrected chi connectivity index (χ4v) is 2.53. The van der Waals surface area contributed by atoms with Crippen molar-refractivity contribution in [2.75, 3.05) is 6.61 Å². The van der Waals surface area contributed by atoms with Gasteiger partial charge in [-0.05, 0) is 25.0 Å². The van der Waals surface area contributed by atoms with Gasteiger partial charge >= 0.3 is 5.97 Å². The molecule has 0 spiro atoms. The summed E-state index contributed by atoms with van der Waals surface area (Å²) in [5.41, 5.74) is 0. The summed E-state index contributed by atoms with van der Waals surface area (Å²) >= 11 is 5.84. The van der Waals surface area contributed by atoms with Crippen molar-refractivity contribution in [3.05, 3.63) is 11.8 Å². The molecule has 1 rings (SSSR count). The van der Waals surface area contributed by atoms with E-state index in [9.17, 15) is 9.90 Å². The number of esters is 1. The molecule has 0 fully saturated rings. The highest BCUT2D eigenvalue weighted by Gasteiger charge is 2.27. The molecule has 0 aliphatic heterocycles. The molecule has 1 aliphatic rings. The molecule has 0 saturated carbocycles. The lowest BCUT2D eigenvalue weighted by atomic mass is 9.94. The summed E-state index contributed by atoms with van der Waals surface area (Å²) < 4.78 is 5.24. The SMILES string of the molecule is C[Si](C)(C)CCOC(=O)C1C=C(O)C(Cl)CC1. The van der Waals surface area contributed by atoms with Crippen LogP contribution in [0.1, 0.15) is 12.8 Å². The van der Waals surface area contributed by atoms with Gasteiger partial charge in [0, 0.05) is 8.07 Å². The van der Waals surface area contributed by atoms with Crippen LogP contribution in [0.25, 0.3) is 0 Å². The van der Waals surface area contributed by atoms with E-state index in [2.05, 4.69) is 19.6 Å². The number of rotatable bonds is 4. The van der Waals surface area contributed by atoms with E-state index in [0.717, 1.165) is 6.04 Å². The van der Waals surface area contributed by atoms with Gasteiger partial charge in [-0.25, -0.2) is 0 Å². The lowest BCUT2D eigenvalue weighted by molar-refractivity contribution is -0.146. The van der Waals surface area contributed by atoms with Crippen molar-refractivity contribution in [2.45, 2.75) is 43.9 Å². The molecule has 17 heavy (non-hydrogen) atoms. The zero-order chi connectivity index (χ0) is 13.1. The van der Waals surface area contributed by atoms with E-state index in [1.54, 1.807) is 0 Å². The Bertz CT molecular complexity index is 309. The number of carbonyl (C=O) groups excluding carboxylic acids is 1. The Hall–Kier alpha value is -0.483. The van der Waals surface area contributed by atoms with E-state index >= 15 is 0 Å². The summed E-state index contributed by atoms with van der Waals surface area (Å²) in [5.74, 6) is -0.463. The van der Waals surface area contributed by atoms with E-state index in [-0.39, 0.29) is 23.0 Å². The van der Waals surface area contributed by atoms with Gasteiger partial charge in [0.15, 0.2) is 0 Å². The molecular weight excluding hydrogens is 256 g/mol. The van der Waals surface area contributed by atoms with Crippen LogP contribution in [0, 0.1) is 5.92 Å². The summed E-state index contributed by atoms with van der Waals surface area (Å²) in [5, 5.41) is 9.13. The van der Waals surface area contributed by atoms with Gasteiger partial charge in [-0.2, -0.15) is 0 Å². The number of carbonyl (C=O) groups is 1. The molecule has 1 aliphatic carbocycles. The number of hydrogen-bond donors (Lipinski definition) is 1. The lowest BCUT2D eigenvalue weighted by Crippen LogP contribution is -2.26. The van der Waals surface area contributed by atoms with E-state index in [4.69, 9.17) is 16.3 Å². The first-order chi connectivity index (χ1) is 7.79. The van der Waals surface area contributed by atoms with Crippen molar-refractivity contribution in [2.24, 2.45) is 5.92 Å². The number of hydrogen-bond acceptors (Lipinski definition) is 3. The minimum atomic E-state index is -1.16. The average molecular weight is 277 g/mol. The second kappa shape index (κ2) is 5.91. The molecule has 0 bridgehead atoms. The van der Waals surface area contributed by atoms with Crippen molar-refractivity contribution in [3.8, 4) is 0 Å². The summed E-state index contributed by atoms with van der Waals surface area (Å²) in [4.78, 5) is 11.7. The Balaban J connectivity index is 2.39. The van der Waals surface area contributed by atoms with Gasteiger partial charge in [0.2, 0.25) is 0 Å². The maximum atomic E-state index is 11.7. The first kappa shape index (κ1) is 14.6.